The third-order valence-corrected chi connectivity index (χ3v) is 5.02. The molecule has 3 heterocycles. The second-order valence-corrected chi connectivity index (χ2v) is 6.67. The third kappa shape index (κ3) is 3.61. The second-order valence-electron chi connectivity index (χ2n) is 6.67. The van der Waals surface area contributed by atoms with E-state index in [1.165, 1.54) is 25.6 Å². The van der Waals surface area contributed by atoms with E-state index >= 15 is 0 Å². The van der Waals surface area contributed by atoms with Crippen molar-refractivity contribution in [2.45, 2.75) is 25.8 Å². The number of piperidine rings is 1. The molecule has 126 valence electrons. The summed E-state index contributed by atoms with van der Waals surface area (Å²) in [5, 5.41) is 10.9. The fraction of sp³-hybridized carbons (Fsp3) is 0.688. The molecular weight excluding hydrogens is 294 g/mol. The Morgan fingerprint density at radius 3 is 2.61 bits per heavy atom. The molecule has 0 saturated carbocycles. The number of aromatic nitrogens is 1. The number of hydrogen-bond donors (Lipinski definition) is 0. The Morgan fingerprint density at radius 1 is 1.26 bits per heavy atom. The highest BCUT2D eigenvalue weighted by Gasteiger charge is 2.27. The molecule has 0 spiro atoms. The lowest BCUT2D eigenvalue weighted by Gasteiger charge is -2.43. The molecule has 0 aliphatic carbocycles. The second kappa shape index (κ2) is 6.80. The Morgan fingerprint density at radius 2 is 2.00 bits per heavy atom. The van der Waals surface area contributed by atoms with Gasteiger partial charge in [0.15, 0.2) is 0 Å². The molecule has 1 atom stereocenters. The molecule has 7 nitrogen and oxygen atoms in total. The average molecular weight is 319 g/mol. The molecule has 1 unspecified atom stereocenters. The van der Waals surface area contributed by atoms with Crippen molar-refractivity contribution in [3.05, 3.63) is 27.9 Å². The fourth-order valence-electron chi connectivity index (χ4n) is 3.65. The number of anilines is 1. The lowest BCUT2D eigenvalue weighted by atomic mass is 10.0. The van der Waals surface area contributed by atoms with Gasteiger partial charge in [0.2, 0.25) is 0 Å². The van der Waals surface area contributed by atoms with Gasteiger partial charge in [0, 0.05) is 44.3 Å². The highest BCUT2D eigenvalue weighted by Crippen LogP contribution is 2.23. The predicted octanol–water partition coefficient (Wildman–Crippen LogP) is 1.51. The van der Waals surface area contributed by atoms with Gasteiger partial charge in [-0.2, -0.15) is 0 Å². The number of nitro groups is 1. The van der Waals surface area contributed by atoms with Gasteiger partial charge >= 0.3 is 0 Å². The van der Waals surface area contributed by atoms with Gasteiger partial charge in [0.05, 0.1) is 4.92 Å². The van der Waals surface area contributed by atoms with Crippen LogP contribution in [0.5, 0.6) is 0 Å². The highest BCUT2D eigenvalue weighted by atomic mass is 16.6. The van der Waals surface area contributed by atoms with E-state index in [0.29, 0.717) is 11.6 Å². The van der Waals surface area contributed by atoms with Crippen LogP contribution in [-0.2, 0) is 0 Å². The molecule has 3 rings (SSSR count). The first kappa shape index (κ1) is 16.1. The van der Waals surface area contributed by atoms with E-state index in [9.17, 15) is 10.1 Å². The maximum atomic E-state index is 10.9. The zero-order valence-electron chi connectivity index (χ0n) is 13.9. The molecule has 2 aliphatic heterocycles. The van der Waals surface area contributed by atoms with Crippen molar-refractivity contribution in [2.24, 2.45) is 0 Å². The first-order valence-corrected chi connectivity index (χ1v) is 8.33. The number of nitrogens with zero attached hydrogens (tertiary/aromatic N) is 5. The normalized spacial score (nSPS) is 23.9. The quantitative estimate of drug-likeness (QED) is 0.621. The summed E-state index contributed by atoms with van der Waals surface area (Å²) in [7, 11) is 2.20. The fourth-order valence-corrected chi connectivity index (χ4v) is 3.65. The maximum Gasteiger partial charge on any atom is 0.290 e. The first-order chi connectivity index (χ1) is 11.0. The zero-order chi connectivity index (χ0) is 16.4. The van der Waals surface area contributed by atoms with Crippen molar-refractivity contribution in [3.63, 3.8) is 0 Å². The van der Waals surface area contributed by atoms with Crippen LogP contribution in [0.1, 0.15) is 18.4 Å². The number of hydrogen-bond acceptors (Lipinski definition) is 6. The third-order valence-electron chi connectivity index (χ3n) is 5.02. The number of piperazine rings is 1. The molecule has 1 aromatic rings. The average Bonchev–Trinajstić information content (AvgIpc) is 2.54. The molecule has 0 N–H and O–H groups in total. The molecule has 0 amide bonds. The lowest BCUT2D eigenvalue weighted by molar-refractivity contribution is -0.385. The molecule has 23 heavy (non-hydrogen) atoms. The Labute approximate surface area is 137 Å². The van der Waals surface area contributed by atoms with Gasteiger partial charge in [-0.25, -0.2) is 4.98 Å². The van der Waals surface area contributed by atoms with E-state index in [2.05, 4.69) is 26.7 Å². The van der Waals surface area contributed by atoms with Gasteiger partial charge in [-0.1, -0.05) is 0 Å². The van der Waals surface area contributed by atoms with E-state index < -0.39 is 0 Å². The predicted molar refractivity (Wildman–Crippen MR) is 89.9 cm³/mol. The zero-order valence-corrected chi connectivity index (χ0v) is 13.9. The Kier molecular flexibility index (Phi) is 4.77. The monoisotopic (exact) mass is 319 g/mol. The summed E-state index contributed by atoms with van der Waals surface area (Å²) >= 11 is 0. The molecule has 1 aromatic heterocycles. The van der Waals surface area contributed by atoms with Gasteiger partial charge < -0.3 is 9.80 Å². The summed E-state index contributed by atoms with van der Waals surface area (Å²) in [5.41, 5.74) is 0.772. The molecule has 7 heteroatoms. The molecule has 2 aliphatic rings. The van der Waals surface area contributed by atoms with Crippen molar-refractivity contribution < 1.29 is 4.92 Å². The standard InChI is InChI=1S/C16H25N5O2/c1-13-10-16(17-11-15(13)21(22)23)20-8-6-19(7-9-20)14-4-3-5-18(2)12-14/h10-11,14H,3-9,12H2,1-2H3. The topological polar surface area (TPSA) is 65.8 Å². The number of likely N-dealkylation sites (tertiary alicyclic amines) is 1. The molecule has 2 saturated heterocycles. The first-order valence-electron chi connectivity index (χ1n) is 8.33. The van der Waals surface area contributed by atoms with Gasteiger partial charge in [-0.15, -0.1) is 0 Å². The molecule has 0 radical (unpaired) electrons. The van der Waals surface area contributed by atoms with Crippen molar-refractivity contribution in [1.29, 1.82) is 0 Å². The molecule has 0 aromatic carbocycles. The smallest absolute Gasteiger partial charge is 0.290 e. The number of likely N-dealkylation sites (N-methyl/N-ethyl adjacent to an activating group) is 1. The Balaban J connectivity index is 1.60. The summed E-state index contributed by atoms with van der Waals surface area (Å²) in [5.74, 6) is 0.855. The van der Waals surface area contributed by atoms with Crippen LogP contribution in [0.25, 0.3) is 0 Å². The van der Waals surface area contributed by atoms with Crippen LogP contribution in [0.3, 0.4) is 0 Å². The number of pyridine rings is 1. The van der Waals surface area contributed by atoms with Crippen LogP contribution in [0.4, 0.5) is 11.5 Å². The van der Waals surface area contributed by atoms with Gasteiger partial charge in [-0.05, 0) is 39.4 Å². The summed E-state index contributed by atoms with van der Waals surface area (Å²) in [6.07, 6.45) is 3.96. The molecular formula is C16H25N5O2. The lowest BCUT2D eigenvalue weighted by Crippen LogP contribution is -2.54. The van der Waals surface area contributed by atoms with Crippen LogP contribution in [0.15, 0.2) is 12.3 Å². The van der Waals surface area contributed by atoms with Crippen molar-refractivity contribution in [2.75, 3.05) is 51.2 Å². The van der Waals surface area contributed by atoms with E-state index in [1.54, 1.807) is 6.92 Å². The van der Waals surface area contributed by atoms with Gasteiger partial charge in [-0.3, -0.25) is 15.0 Å². The Hall–Kier alpha value is -1.73. The van der Waals surface area contributed by atoms with E-state index in [0.717, 1.165) is 38.5 Å². The van der Waals surface area contributed by atoms with Crippen LogP contribution in [0.2, 0.25) is 0 Å². The molecule has 2 fully saturated rings. The van der Waals surface area contributed by atoms with Crippen molar-refractivity contribution in [3.8, 4) is 0 Å². The van der Waals surface area contributed by atoms with E-state index in [4.69, 9.17) is 0 Å². The largest absolute Gasteiger partial charge is 0.354 e. The summed E-state index contributed by atoms with van der Waals surface area (Å²) in [6, 6.07) is 2.50. The summed E-state index contributed by atoms with van der Waals surface area (Å²) < 4.78 is 0. The van der Waals surface area contributed by atoms with Crippen LogP contribution in [0, 0.1) is 17.0 Å². The SMILES string of the molecule is Cc1cc(N2CCN(C3CCCN(C)C3)CC2)ncc1[N+](=O)[O-]. The van der Waals surface area contributed by atoms with Crippen LogP contribution < -0.4 is 4.90 Å². The van der Waals surface area contributed by atoms with Crippen LogP contribution >= 0.6 is 0 Å². The number of rotatable bonds is 3. The summed E-state index contributed by atoms with van der Waals surface area (Å²) in [4.78, 5) is 22.1. The van der Waals surface area contributed by atoms with E-state index in [-0.39, 0.29) is 10.6 Å². The Bertz CT molecular complexity index is 572. The van der Waals surface area contributed by atoms with Crippen molar-refractivity contribution >= 4 is 11.5 Å². The highest BCUT2D eigenvalue weighted by molar-refractivity contribution is 5.48. The number of aryl methyl sites for hydroxylation is 1. The van der Waals surface area contributed by atoms with E-state index in [1.807, 2.05) is 6.07 Å². The van der Waals surface area contributed by atoms with Gasteiger partial charge in [0.1, 0.15) is 12.0 Å². The van der Waals surface area contributed by atoms with Gasteiger partial charge in [0.25, 0.3) is 5.69 Å². The van der Waals surface area contributed by atoms with Crippen LogP contribution in [-0.4, -0.2) is 72.1 Å². The van der Waals surface area contributed by atoms with Crippen molar-refractivity contribution in [1.82, 2.24) is 14.8 Å². The minimum atomic E-state index is -0.371. The summed E-state index contributed by atoms with van der Waals surface area (Å²) in [6.45, 7) is 8.09. The minimum Gasteiger partial charge on any atom is -0.354 e. The minimum absolute atomic E-state index is 0.0950. The maximum absolute atomic E-state index is 10.9. The molecule has 0 bridgehead atoms.